The van der Waals surface area contributed by atoms with Gasteiger partial charge in [0.2, 0.25) is 5.91 Å². The maximum absolute atomic E-state index is 12.5. The van der Waals surface area contributed by atoms with Crippen molar-refractivity contribution in [2.24, 2.45) is 0 Å². The summed E-state index contributed by atoms with van der Waals surface area (Å²) in [4.78, 5) is 35.4. The molecule has 0 bridgehead atoms. The van der Waals surface area contributed by atoms with Crippen LogP contribution in [0.2, 0.25) is 0 Å². The van der Waals surface area contributed by atoms with Crippen molar-refractivity contribution in [3.05, 3.63) is 65.2 Å². The number of ether oxygens (including phenoxy) is 1. The van der Waals surface area contributed by atoms with Crippen LogP contribution in [0.5, 0.6) is 5.75 Å². The Kier molecular flexibility index (Phi) is 4.36. The Hall–Kier alpha value is -3.94. The summed E-state index contributed by atoms with van der Waals surface area (Å²) in [5, 5.41) is 2.74. The lowest BCUT2D eigenvalue weighted by molar-refractivity contribution is -0.114. The maximum Gasteiger partial charge on any atom is 0.333 e. The first kappa shape index (κ1) is 17.5. The van der Waals surface area contributed by atoms with Gasteiger partial charge in [0.05, 0.1) is 24.7 Å². The highest BCUT2D eigenvalue weighted by molar-refractivity contribution is 5.89. The molecule has 2 aromatic carbocycles. The van der Waals surface area contributed by atoms with Gasteiger partial charge < -0.3 is 10.1 Å². The number of hydrogen-bond donors (Lipinski definition) is 2. The molecule has 0 fully saturated rings. The Morgan fingerprint density at radius 2 is 1.96 bits per heavy atom. The fourth-order valence-electron chi connectivity index (χ4n) is 2.95. The van der Waals surface area contributed by atoms with Crippen LogP contribution in [0, 0.1) is 0 Å². The van der Waals surface area contributed by atoms with Crippen molar-refractivity contribution in [2.75, 3.05) is 12.4 Å². The van der Waals surface area contributed by atoms with Gasteiger partial charge in [0.15, 0.2) is 11.3 Å². The second-order valence-electron chi connectivity index (χ2n) is 6.15. The molecule has 2 heterocycles. The first-order chi connectivity index (χ1) is 13.5. The molecule has 0 saturated carbocycles. The van der Waals surface area contributed by atoms with Gasteiger partial charge in [0.1, 0.15) is 5.75 Å². The Morgan fingerprint density at radius 3 is 2.68 bits per heavy atom. The van der Waals surface area contributed by atoms with Crippen LogP contribution in [-0.2, 0) is 4.79 Å². The highest BCUT2D eigenvalue weighted by Crippen LogP contribution is 2.23. The van der Waals surface area contributed by atoms with E-state index < -0.39 is 0 Å². The molecule has 2 N–H and O–H groups in total. The number of rotatable bonds is 4. The number of H-pyrrole nitrogens is 1. The zero-order chi connectivity index (χ0) is 19.7. The minimum atomic E-state index is -0.329. The summed E-state index contributed by atoms with van der Waals surface area (Å²) < 4.78 is 6.61. The number of carbonyl (C=O) groups is 1. The third kappa shape index (κ3) is 3.23. The normalized spacial score (nSPS) is 10.8. The van der Waals surface area contributed by atoms with Crippen molar-refractivity contribution in [2.45, 2.75) is 6.92 Å². The Morgan fingerprint density at radius 1 is 1.18 bits per heavy atom. The number of aromatic amines is 1. The summed E-state index contributed by atoms with van der Waals surface area (Å²) in [5.41, 5.74) is 3.16. The summed E-state index contributed by atoms with van der Waals surface area (Å²) in [7, 11) is 1.58. The van der Waals surface area contributed by atoms with Crippen LogP contribution in [0.1, 0.15) is 6.92 Å². The number of amides is 1. The molecule has 0 radical (unpaired) electrons. The number of fused-ring (bicyclic) bond motifs is 1. The van der Waals surface area contributed by atoms with Crippen LogP contribution < -0.4 is 15.7 Å². The predicted octanol–water partition coefficient (Wildman–Crippen LogP) is 2.74. The summed E-state index contributed by atoms with van der Waals surface area (Å²) >= 11 is 0. The largest absolute Gasteiger partial charge is 0.497 e. The molecular weight excluding hydrogens is 358 g/mol. The SMILES string of the molecule is COc1ccc(-n2c(=O)[nH]c3nc(-c4cccc(NC(C)=O)c4)cnc32)cc1. The minimum Gasteiger partial charge on any atom is -0.497 e. The fraction of sp³-hybridized carbons (Fsp3) is 0.100. The van der Waals surface area contributed by atoms with E-state index in [2.05, 4.69) is 20.3 Å². The smallest absolute Gasteiger partial charge is 0.333 e. The molecule has 0 aliphatic carbocycles. The van der Waals surface area contributed by atoms with E-state index in [1.54, 1.807) is 49.7 Å². The zero-order valence-corrected chi connectivity index (χ0v) is 15.3. The van der Waals surface area contributed by atoms with E-state index >= 15 is 0 Å². The number of aromatic nitrogens is 4. The Balaban J connectivity index is 1.77. The van der Waals surface area contributed by atoms with E-state index in [1.807, 2.05) is 12.1 Å². The van der Waals surface area contributed by atoms with E-state index in [4.69, 9.17) is 4.74 Å². The number of methoxy groups -OCH3 is 1. The number of benzene rings is 2. The molecule has 140 valence electrons. The number of carbonyl (C=O) groups excluding carboxylic acids is 1. The van der Waals surface area contributed by atoms with Gasteiger partial charge in [-0.3, -0.25) is 9.78 Å². The van der Waals surface area contributed by atoms with Gasteiger partial charge in [0.25, 0.3) is 0 Å². The Labute approximate surface area is 159 Å². The van der Waals surface area contributed by atoms with Gasteiger partial charge in [-0.25, -0.2) is 19.3 Å². The monoisotopic (exact) mass is 375 g/mol. The van der Waals surface area contributed by atoms with Crippen LogP contribution in [0.4, 0.5) is 5.69 Å². The molecule has 4 rings (SSSR count). The van der Waals surface area contributed by atoms with Crippen molar-refractivity contribution < 1.29 is 9.53 Å². The number of imidazole rings is 1. The van der Waals surface area contributed by atoms with Crippen molar-refractivity contribution >= 4 is 22.9 Å². The maximum atomic E-state index is 12.5. The van der Waals surface area contributed by atoms with Gasteiger partial charge in [-0.1, -0.05) is 12.1 Å². The number of hydrogen-bond acceptors (Lipinski definition) is 5. The molecule has 1 amide bonds. The molecule has 8 nitrogen and oxygen atoms in total. The van der Waals surface area contributed by atoms with Crippen molar-refractivity contribution in [1.29, 1.82) is 0 Å². The molecule has 8 heteroatoms. The lowest BCUT2D eigenvalue weighted by Crippen LogP contribution is -2.14. The molecule has 0 saturated heterocycles. The number of nitrogens with zero attached hydrogens (tertiary/aromatic N) is 3. The summed E-state index contributed by atoms with van der Waals surface area (Å²) in [6, 6.07) is 14.4. The highest BCUT2D eigenvalue weighted by Gasteiger charge is 2.13. The number of nitrogens with one attached hydrogen (secondary N) is 2. The molecule has 0 aliphatic heterocycles. The third-order valence-corrected chi connectivity index (χ3v) is 4.20. The van der Waals surface area contributed by atoms with E-state index in [1.165, 1.54) is 11.5 Å². The minimum absolute atomic E-state index is 0.153. The van der Waals surface area contributed by atoms with Crippen molar-refractivity contribution in [3.63, 3.8) is 0 Å². The molecule has 28 heavy (non-hydrogen) atoms. The predicted molar refractivity (Wildman–Crippen MR) is 106 cm³/mol. The topological polar surface area (TPSA) is 102 Å². The summed E-state index contributed by atoms with van der Waals surface area (Å²) in [5.74, 6) is 0.545. The second kappa shape index (κ2) is 6.99. The van der Waals surface area contributed by atoms with Crippen molar-refractivity contribution in [3.8, 4) is 22.7 Å². The zero-order valence-electron chi connectivity index (χ0n) is 15.3. The second-order valence-corrected chi connectivity index (χ2v) is 6.15. The van der Waals surface area contributed by atoms with Gasteiger partial charge in [0, 0.05) is 18.2 Å². The lowest BCUT2D eigenvalue weighted by Gasteiger charge is -2.06. The van der Waals surface area contributed by atoms with Gasteiger partial charge >= 0.3 is 5.69 Å². The van der Waals surface area contributed by atoms with E-state index in [0.29, 0.717) is 34.1 Å². The molecule has 2 aromatic heterocycles. The molecule has 4 aromatic rings. The van der Waals surface area contributed by atoms with Gasteiger partial charge in [-0.05, 0) is 36.4 Å². The molecule has 0 unspecified atom stereocenters. The van der Waals surface area contributed by atoms with Crippen molar-refractivity contribution in [1.82, 2.24) is 19.5 Å². The standard InChI is InChI=1S/C20H17N5O3/c1-12(26)22-14-5-3-4-13(10-14)17-11-21-19-18(23-17)24-20(27)25(19)15-6-8-16(28-2)9-7-15/h3-11H,1-2H3,(H,22,26)(H,23,24,27). The molecule has 0 spiro atoms. The first-order valence-corrected chi connectivity index (χ1v) is 8.55. The molecule has 0 atom stereocenters. The van der Waals surface area contributed by atoms with Crippen LogP contribution >= 0.6 is 0 Å². The van der Waals surface area contributed by atoms with E-state index in [0.717, 1.165) is 5.56 Å². The average Bonchev–Trinajstić information content (AvgIpc) is 3.02. The quantitative estimate of drug-likeness (QED) is 0.571. The van der Waals surface area contributed by atoms with Crippen LogP contribution in [-0.4, -0.2) is 32.5 Å². The van der Waals surface area contributed by atoms with E-state index in [9.17, 15) is 9.59 Å². The molecule has 0 aliphatic rings. The van der Waals surface area contributed by atoms with Crippen LogP contribution in [0.15, 0.2) is 59.5 Å². The van der Waals surface area contributed by atoms with Crippen LogP contribution in [0.3, 0.4) is 0 Å². The average molecular weight is 375 g/mol. The fourth-order valence-corrected chi connectivity index (χ4v) is 2.95. The van der Waals surface area contributed by atoms with Crippen LogP contribution in [0.25, 0.3) is 28.2 Å². The first-order valence-electron chi connectivity index (χ1n) is 8.55. The summed E-state index contributed by atoms with van der Waals surface area (Å²) in [6.07, 6.45) is 1.60. The highest BCUT2D eigenvalue weighted by atomic mass is 16.5. The van der Waals surface area contributed by atoms with Gasteiger partial charge in [-0.2, -0.15) is 0 Å². The summed E-state index contributed by atoms with van der Waals surface area (Å²) in [6.45, 7) is 1.45. The lowest BCUT2D eigenvalue weighted by atomic mass is 10.1. The van der Waals surface area contributed by atoms with Gasteiger partial charge in [-0.15, -0.1) is 0 Å². The van der Waals surface area contributed by atoms with E-state index in [-0.39, 0.29) is 11.6 Å². The number of anilines is 1. The third-order valence-electron chi connectivity index (χ3n) is 4.20. The molecular formula is C20H17N5O3. The Bertz CT molecular complexity index is 1220.